The summed E-state index contributed by atoms with van der Waals surface area (Å²) in [6.07, 6.45) is 5.78. The van der Waals surface area contributed by atoms with Gasteiger partial charge in [0.25, 0.3) is 0 Å². The smallest absolute Gasteiger partial charge is 0.339 e. The lowest BCUT2D eigenvalue weighted by atomic mass is 9.93. The first-order valence-electron chi connectivity index (χ1n) is 7.16. The Morgan fingerprint density at radius 2 is 1.92 bits per heavy atom. The number of benzene rings is 1. The lowest BCUT2D eigenvalue weighted by Gasteiger charge is -2.17. The molecule has 1 heterocycles. The first-order valence-corrected chi connectivity index (χ1v) is 9.84. The maximum Gasteiger partial charge on any atom is 0.339 e. The number of esters is 1. The van der Waals surface area contributed by atoms with Crippen LogP contribution in [0.25, 0.3) is 5.57 Å². The van der Waals surface area contributed by atoms with E-state index in [-0.39, 0.29) is 17.9 Å². The summed E-state index contributed by atoms with van der Waals surface area (Å²) in [4.78, 5) is 12.3. The van der Waals surface area contributed by atoms with Crippen molar-refractivity contribution in [3.63, 3.8) is 0 Å². The number of carbonyl (C=O) groups is 1. The van der Waals surface area contributed by atoms with E-state index >= 15 is 0 Å². The summed E-state index contributed by atoms with van der Waals surface area (Å²) in [7, 11) is -3.28. The van der Waals surface area contributed by atoms with Gasteiger partial charge < -0.3 is 4.74 Å². The van der Waals surface area contributed by atoms with Crippen LogP contribution in [-0.4, -0.2) is 31.8 Å². The van der Waals surface area contributed by atoms with Crippen molar-refractivity contribution in [3.05, 3.63) is 59.2 Å². The standard InChI is InChI=1S/C17H14BrFO4S/c1-24(21,22)13-4-2-11(3-5-13)14-10-23-16(20)15(14)12-6-8-17(18,19)9-7-12/h2-8H,9-10H2,1H3. The Kier molecular flexibility index (Phi) is 4.25. The van der Waals surface area contributed by atoms with Gasteiger partial charge in [-0.2, -0.15) is 0 Å². The van der Waals surface area contributed by atoms with Gasteiger partial charge >= 0.3 is 5.97 Å². The zero-order valence-electron chi connectivity index (χ0n) is 12.8. The van der Waals surface area contributed by atoms with Crippen molar-refractivity contribution < 1.29 is 22.3 Å². The molecule has 0 aromatic heterocycles. The molecule has 1 unspecified atom stereocenters. The summed E-state index contributed by atoms with van der Waals surface area (Å²) in [5.41, 5.74) is 2.36. The molecule has 1 aromatic rings. The van der Waals surface area contributed by atoms with Crippen molar-refractivity contribution in [1.29, 1.82) is 0 Å². The molecule has 0 saturated heterocycles. The molecule has 0 saturated carbocycles. The maximum absolute atomic E-state index is 13.8. The van der Waals surface area contributed by atoms with Gasteiger partial charge in [0.2, 0.25) is 0 Å². The Morgan fingerprint density at radius 3 is 2.46 bits per heavy atom. The predicted octanol–water partition coefficient (Wildman–Crippen LogP) is 3.35. The second-order valence-electron chi connectivity index (χ2n) is 5.68. The molecule has 0 bridgehead atoms. The molecular weight excluding hydrogens is 399 g/mol. The van der Waals surface area contributed by atoms with E-state index in [1.165, 1.54) is 18.2 Å². The third-order valence-corrected chi connectivity index (χ3v) is 5.59. The van der Waals surface area contributed by atoms with E-state index in [1.54, 1.807) is 24.3 Å². The van der Waals surface area contributed by atoms with Crippen molar-refractivity contribution in [1.82, 2.24) is 0 Å². The average Bonchev–Trinajstić information content (AvgIpc) is 2.88. The number of ether oxygens (including phenoxy) is 1. The van der Waals surface area contributed by atoms with E-state index in [0.29, 0.717) is 22.3 Å². The summed E-state index contributed by atoms with van der Waals surface area (Å²) >= 11 is 2.94. The largest absolute Gasteiger partial charge is 0.457 e. The maximum atomic E-state index is 13.8. The van der Waals surface area contributed by atoms with Gasteiger partial charge in [-0.25, -0.2) is 17.6 Å². The van der Waals surface area contributed by atoms with Crippen molar-refractivity contribution in [3.8, 4) is 0 Å². The Bertz CT molecular complexity index is 893. The minimum absolute atomic E-state index is 0.104. The number of carbonyl (C=O) groups excluding carboxylic acids is 1. The number of hydrogen-bond acceptors (Lipinski definition) is 4. The highest BCUT2D eigenvalue weighted by Gasteiger charge is 2.31. The van der Waals surface area contributed by atoms with Crippen LogP contribution in [0.5, 0.6) is 0 Å². The second-order valence-corrected chi connectivity index (χ2v) is 9.02. The quantitative estimate of drug-likeness (QED) is 0.564. The van der Waals surface area contributed by atoms with E-state index < -0.39 is 20.4 Å². The fourth-order valence-electron chi connectivity index (χ4n) is 2.61. The molecule has 24 heavy (non-hydrogen) atoms. The Hall–Kier alpha value is -1.73. The minimum Gasteiger partial charge on any atom is -0.457 e. The fraction of sp³-hybridized carbons (Fsp3) is 0.235. The number of hydrogen-bond donors (Lipinski definition) is 0. The van der Waals surface area contributed by atoms with Crippen LogP contribution in [0.3, 0.4) is 0 Å². The van der Waals surface area contributed by atoms with Crippen molar-refractivity contribution in [2.24, 2.45) is 0 Å². The van der Waals surface area contributed by atoms with E-state index in [4.69, 9.17) is 4.74 Å². The molecule has 0 fully saturated rings. The third kappa shape index (κ3) is 3.37. The van der Waals surface area contributed by atoms with Crippen LogP contribution in [0.2, 0.25) is 0 Å². The highest BCUT2D eigenvalue weighted by Crippen LogP contribution is 2.37. The molecular formula is C17H14BrFO4S. The number of halogens is 2. The van der Waals surface area contributed by atoms with Crippen LogP contribution in [0.15, 0.2) is 58.5 Å². The summed E-state index contributed by atoms with van der Waals surface area (Å²) in [5, 5.41) is 0. The van der Waals surface area contributed by atoms with Crippen LogP contribution >= 0.6 is 15.9 Å². The van der Waals surface area contributed by atoms with E-state index in [2.05, 4.69) is 15.9 Å². The van der Waals surface area contributed by atoms with Gasteiger partial charge in [0.1, 0.15) is 6.61 Å². The summed E-state index contributed by atoms with van der Waals surface area (Å²) in [6.45, 7) is 0.104. The molecule has 0 radical (unpaired) electrons. The zero-order chi connectivity index (χ0) is 17.5. The van der Waals surface area contributed by atoms with Gasteiger partial charge in [-0.3, -0.25) is 0 Å². The topological polar surface area (TPSA) is 60.4 Å². The SMILES string of the molecule is CS(=O)(=O)c1ccc(C2=C(C3=CCC(F)(Br)C=C3)C(=O)OC2)cc1. The summed E-state index contributed by atoms with van der Waals surface area (Å²) < 4.78 is 40.4. The lowest BCUT2D eigenvalue weighted by Crippen LogP contribution is -2.13. The van der Waals surface area contributed by atoms with Gasteiger partial charge in [-0.05, 0) is 45.3 Å². The fourth-order valence-corrected chi connectivity index (χ4v) is 3.53. The average molecular weight is 413 g/mol. The van der Waals surface area contributed by atoms with Crippen LogP contribution in [0.1, 0.15) is 12.0 Å². The number of alkyl halides is 2. The first-order chi connectivity index (χ1) is 11.2. The molecule has 3 rings (SSSR count). The number of sulfone groups is 1. The Morgan fingerprint density at radius 1 is 1.25 bits per heavy atom. The summed E-state index contributed by atoms with van der Waals surface area (Å²) in [5.74, 6) is -0.464. The van der Waals surface area contributed by atoms with Crippen molar-refractivity contribution in [2.45, 2.75) is 15.9 Å². The molecule has 1 atom stereocenters. The van der Waals surface area contributed by atoms with Crippen LogP contribution in [-0.2, 0) is 19.4 Å². The molecule has 1 aliphatic heterocycles. The predicted molar refractivity (Wildman–Crippen MR) is 92.0 cm³/mol. The van der Waals surface area contributed by atoms with Crippen LogP contribution in [0.4, 0.5) is 4.39 Å². The van der Waals surface area contributed by atoms with Crippen LogP contribution < -0.4 is 0 Å². The molecule has 1 aliphatic carbocycles. The van der Waals surface area contributed by atoms with Gasteiger partial charge in [0.15, 0.2) is 14.4 Å². The highest BCUT2D eigenvalue weighted by atomic mass is 79.9. The molecule has 0 amide bonds. The monoisotopic (exact) mass is 412 g/mol. The Labute approximate surface area is 147 Å². The van der Waals surface area contributed by atoms with Gasteiger partial charge in [-0.15, -0.1) is 0 Å². The lowest BCUT2D eigenvalue weighted by molar-refractivity contribution is -0.135. The zero-order valence-corrected chi connectivity index (χ0v) is 15.2. The minimum atomic E-state index is -3.28. The van der Waals surface area contributed by atoms with Gasteiger partial charge in [0.05, 0.1) is 10.5 Å². The molecule has 126 valence electrons. The second kappa shape index (κ2) is 5.97. The van der Waals surface area contributed by atoms with Crippen molar-refractivity contribution >= 4 is 37.3 Å². The van der Waals surface area contributed by atoms with Crippen LogP contribution in [0, 0.1) is 0 Å². The van der Waals surface area contributed by atoms with E-state index in [0.717, 1.165) is 6.26 Å². The number of cyclic esters (lactones) is 1. The molecule has 0 spiro atoms. The summed E-state index contributed by atoms with van der Waals surface area (Å²) in [6, 6.07) is 6.28. The molecule has 0 N–H and O–H groups in total. The first kappa shape index (κ1) is 17.1. The molecule has 7 heteroatoms. The highest BCUT2D eigenvalue weighted by molar-refractivity contribution is 9.10. The number of allylic oxidation sites excluding steroid dienone is 3. The Balaban J connectivity index is 2.02. The molecule has 1 aromatic carbocycles. The number of rotatable bonds is 3. The third-order valence-electron chi connectivity index (χ3n) is 3.87. The van der Waals surface area contributed by atoms with Gasteiger partial charge in [-0.1, -0.05) is 24.3 Å². The molecule has 4 nitrogen and oxygen atoms in total. The van der Waals surface area contributed by atoms with Crippen molar-refractivity contribution in [2.75, 3.05) is 12.9 Å². The van der Waals surface area contributed by atoms with E-state index in [9.17, 15) is 17.6 Å². The molecule has 2 aliphatic rings. The van der Waals surface area contributed by atoms with E-state index in [1.807, 2.05) is 0 Å². The van der Waals surface area contributed by atoms with Gasteiger partial charge in [0, 0.05) is 18.2 Å². The normalized spacial score (nSPS) is 24.1.